The molecule has 1 N–H and O–H groups in total. The van der Waals surface area contributed by atoms with E-state index in [1.54, 1.807) is 25.1 Å². The van der Waals surface area contributed by atoms with Gasteiger partial charge in [0.25, 0.3) is 0 Å². The van der Waals surface area contributed by atoms with Crippen molar-refractivity contribution in [2.45, 2.75) is 19.9 Å². The highest BCUT2D eigenvalue weighted by atomic mass is 19.1. The van der Waals surface area contributed by atoms with Crippen LogP contribution in [0.25, 0.3) is 0 Å². The number of halogens is 1. The van der Waals surface area contributed by atoms with Crippen LogP contribution in [-0.4, -0.2) is 19.6 Å². The van der Waals surface area contributed by atoms with E-state index < -0.39 is 0 Å². The molecule has 94 valence electrons. The minimum Gasteiger partial charge on any atom is -0.469 e. The molecule has 0 aliphatic carbocycles. The number of hydrogen-bond acceptors (Lipinski definition) is 3. The van der Waals surface area contributed by atoms with E-state index in [1.807, 2.05) is 6.92 Å². The summed E-state index contributed by atoms with van der Waals surface area (Å²) in [7, 11) is 1.36. The van der Waals surface area contributed by atoms with Crippen molar-refractivity contribution >= 4 is 5.97 Å². The Morgan fingerprint density at radius 1 is 1.41 bits per heavy atom. The number of rotatable bonds is 5. The Labute approximate surface area is 101 Å². The number of carbonyl (C=O) groups is 1. The van der Waals surface area contributed by atoms with Crippen molar-refractivity contribution < 1.29 is 13.9 Å². The Morgan fingerprint density at radius 2 is 2.06 bits per heavy atom. The fourth-order valence-electron chi connectivity index (χ4n) is 1.57. The minimum absolute atomic E-state index is 0.136. The van der Waals surface area contributed by atoms with Gasteiger partial charge in [-0.1, -0.05) is 25.1 Å². The van der Waals surface area contributed by atoms with Gasteiger partial charge < -0.3 is 10.1 Å². The molecule has 1 aromatic rings. The van der Waals surface area contributed by atoms with Crippen molar-refractivity contribution in [3.8, 4) is 0 Å². The number of nitrogens with one attached hydrogen (secondary N) is 1. The average Bonchev–Trinajstić information content (AvgIpc) is 2.35. The highest BCUT2D eigenvalue weighted by Crippen LogP contribution is 2.16. The van der Waals surface area contributed by atoms with Crippen LogP contribution >= 0.6 is 0 Å². The Bertz CT molecular complexity index is 381. The van der Waals surface area contributed by atoms with Crippen LogP contribution in [0.2, 0.25) is 0 Å². The smallest absolute Gasteiger partial charge is 0.309 e. The summed E-state index contributed by atoms with van der Waals surface area (Å²) < 4.78 is 18.1. The Hall–Kier alpha value is -1.42. The van der Waals surface area contributed by atoms with Gasteiger partial charge in [0.2, 0.25) is 0 Å². The SMILES string of the molecule is COC(=O)C(C)CN[C@H](C)c1ccccc1F. The number of benzene rings is 1. The number of carbonyl (C=O) groups excluding carboxylic acids is 1. The highest BCUT2D eigenvalue weighted by molar-refractivity contribution is 5.72. The quantitative estimate of drug-likeness (QED) is 0.801. The first-order valence-corrected chi connectivity index (χ1v) is 5.62. The second-order valence-corrected chi connectivity index (χ2v) is 4.08. The molecule has 0 aromatic heterocycles. The number of methoxy groups -OCH3 is 1. The van der Waals surface area contributed by atoms with Crippen LogP contribution in [0.3, 0.4) is 0 Å². The monoisotopic (exact) mass is 239 g/mol. The van der Waals surface area contributed by atoms with E-state index in [0.29, 0.717) is 12.1 Å². The number of ether oxygens (including phenoxy) is 1. The van der Waals surface area contributed by atoms with Crippen molar-refractivity contribution in [2.24, 2.45) is 5.92 Å². The summed E-state index contributed by atoms with van der Waals surface area (Å²) in [6.07, 6.45) is 0. The van der Waals surface area contributed by atoms with Gasteiger partial charge in [-0.2, -0.15) is 0 Å². The molecule has 0 spiro atoms. The van der Waals surface area contributed by atoms with E-state index in [4.69, 9.17) is 0 Å². The third kappa shape index (κ3) is 3.82. The average molecular weight is 239 g/mol. The summed E-state index contributed by atoms with van der Waals surface area (Å²) >= 11 is 0. The summed E-state index contributed by atoms with van der Waals surface area (Å²) in [4.78, 5) is 11.2. The van der Waals surface area contributed by atoms with E-state index >= 15 is 0 Å². The molecule has 0 aliphatic heterocycles. The van der Waals surface area contributed by atoms with Gasteiger partial charge in [-0.05, 0) is 13.0 Å². The third-order valence-electron chi connectivity index (χ3n) is 2.71. The molecule has 0 radical (unpaired) electrons. The predicted molar refractivity (Wildman–Crippen MR) is 64.0 cm³/mol. The van der Waals surface area contributed by atoms with E-state index in [9.17, 15) is 9.18 Å². The van der Waals surface area contributed by atoms with Crippen molar-refractivity contribution in [1.82, 2.24) is 5.32 Å². The summed E-state index contributed by atoms with van der Waals surface area (Å²) in [6.45, 7) is 4.09. The first-order chi connectivity index (χ1) is 8.06. The largest absolute Gasteiger partial charge is 0.469 e. The lowest BCUT2D eigenvalue weighted by Crippen LogP contribution is -2.29. The lowest BCUT2D eigenvalue weighted by Gasteiger charge is -2.17. The van der Waals surface area contributed by atoms with Crippen LogP contribution in [0.1, 0.15) is 25.5 Å². The van der Waals surface area contributed by atoms with Crippen molar-refractivity contribution in [3.63, 3.8) is 0 Å². The molecular weight excluding hydrogens is 221 g/mol. The third-order valence-corrected chi connectivity index (χ3v) is 2.71. The van der Waals surface area contributed by atoms with Crippen LogP contribution in [0.15, 0.2) is 24.3 Å². The van der Waals surface area contributed by atoms with Crippen LogP contribution in [-0.2, 0) is 9.53 Å². The Morgan fingerprint density at radius 3 is 2.65 bits per heavy atom. The van der Waals surface area contributed by atoms with Crippen LogP contribution < -0.4 is 5.32 Å². The topological polar surface area (TPSA) is 38.3 Å². The van der Waals surface area contributed by atoms with Gasteiger partial charge in [-0.25, -0.2) is 4.39 Å². The highest BCUT2D eigenvalue weighted by Gasteiger charge is 2.15. The van der Waals surface area contributed by atoms with E-state index in [-0.39, 0.29) is 23.7 Å². The van der Waals surface area contributed by atoms with Gasteiger partial charge >= 0.3 is 5.97 Å². The lowest BCUT2D eigenvalue weighted by molar-refractivity contribution is -0.144. The molecule has 0 heterocycles. The zero-order valence-electron chi connectivity index (χ0n) is 10.4. The molecule has 17 heavy (non-hydrogen) atoms. The van der Waals surface area contributed by atoms with Crippen molar-refractivity contribution in [2.75, 3.05) is 13.7 Å². The van der Waals surface area contributed by atoms with Gasteiger partial charge in [0.05, 0.1) is 13.0 Å². The molecule has 1 aromatic carbocycles. The van der Waals surface area contributed by atoms with Gasteiger partial charge in [0.15, 0.2) is 0 Å². The second kappa shape index (κ2) is 6.35. The molecule has 0 bridgehead atoms. The van der Waals surface area contributed by atoms with Crippen molar-refractivity contribution in [1.29, 1.82) is 0 Å². The second-order valence-electron chi connectivity index (χ2n) is 4.08. The van der Waals surface area contributed by atoms with Gasteiger partial charge in [0.1, 0.15) is 5.82 Å². The van der Waals surface area contributed by atoms with Crippen LogP contribution in [0.4, 0.5) is 4.39 Å². The fraction of sp³-hybridized carbons (Fsp3) is 0.462. The maximum atomic E-state index is 13.5. The Kier molecular flexibility index (Phi) is 5.10. The summed E-state index contributed by atoms with van der Waals surface area (Å²) in [5.41, 5.74) is 0.601. The van der Waals surface area contributed by atoms with Crippen LogP contribution in [0, 0.1) is 11.7 Å². The predicted octanol–water partition coefficient (Wildman–Crippen LogP) is 2.29. The summed E-state index contributed by atoms with van der Waals surface area (Å²) in [5.74, 6) is -0.745. The number of esters is 1. The normalized spacial score (nSPS) is 14.1. The molecule has 0 aliphatic rings. The first kappa shape index (κ1) is 13.6. The minimum atomic E-state index is -0.266. The Balaban J connectivity index is 2.53. The molecule has 0 amide bonds. The molecule has 0 saturated carbocycles. The van der Waals surface area contributed by atoms with Gasteiger partial charge in [0, 0.05) is 18.2 Å². The molecule has 1 rings (SSSR count). The molecule has 0 saturated heterocycles. The first-order valence-electron chi connectivity index (χ1n) is 5.62. The van der Waals surface area contributed by atoms with Gasteiger partial charge in [-0.3, -0.25) is 4.79 Å². The van der Waals surface area contributed by atoms with E-state index in [0.717, 1.165) is 0 Å². The molecule has 0 fully saturated rings. The molecule has 2 atom stereocenters. The zero-order valence-corrected chi connectivity index (χ0v) is 10.4. The maximum Gasteiger partial charge on any atom is 0.309 e. The maximum absolute atomic E-state index is 13.5. The van der Waals surface area contributed by atoms with Gasteiger partial charge in [-0.15, -0.1) is 0 Å². The lowest BCUT2D eigenvalue weighted by atomic mass is 10.1. The van der Waals surface area contributed by atoms with Crippen LogP contribution in [0.5, 0.6) is 0 Å². The summed E-state index contributed by atoms with van der Waals surface area (Å²) in [6, 6.07) is 6.47. The number of hydrogen-bond donors (Lipinski definition) is 1. The fourth-order valence-corrected chi connectivity index (χ4v) is 1.57. The molecule has 3 nitrogen and oxygen atoms in total. The standard InChI is InChI=1S/C13H18FNO2/c1-9(13(16)17-3)8-15-10(2)11-6-4-5-7-12(11)14/h4-7,9-10,15H,8H2,1-3H3/t9?,10-/m1/s1. The molecule has 1 unspecified atom stereocenters. The van der Waals surface area contributed by atoms with Crippen molar-refractivity contribution in [3.05, 3.63) is 35.6 Å². The van der Waals surface area contributed by atoms with E-state index in [2.05, 4.69) is 10.1 Å². The summed E-state index contributed by atoms with van der Waals surface area (Å²) in [5, 5.41) is 3.11. The molecule has 4 heteroatoms. The zero-order chi connectivity index (χ0) is 12.8. The van der Waals surface area contributed by atoms with E-state index in [1.165, 1.54) is 13.2 Å². The molecular formula is C13H18FNO2.